The molecule has 140 valence electrons. The van der Waals surface area contributed by atoms with Crippen molar-refractivity contribution in [2.24, 2.45) is 0 Å². The zero-order chi connectivity index (χ0) is 18.9. The molecule has 0 atom stereocenters. The van der Waals surface area contributed by atoms with Crippen molar-refractivity contribution in [3.05, 3.63) is 72.1 Å². The molecule has 1 aromatic heterocycles. The largest absolute Gasteiger partial charge is 0.322 e. The molecule has 0 saturated carbocycles. The van der Waals surface area contributed by atoms with E-state index in [4.69, 9.17) is 0 Å². The van der Waals surface area contributed by atoms with Gasteiger partial charge in [0.15, 0.2) is 5.16 Å². The molecule has 0 aliphatic rings. The molecule has 1 amide bonds. The quantitative estimate of drug-likeness (QED) is 0.419. The summed E-state index contributed by atoms with van der Waals surface area (Å²) in [5, 5.41) is 12.1. The van der Waals surface area contributed by atoms with Crippen LogP contribution in [0.4, 0.5) is 5.69 Å². The summed E-state index contributed by atoms with van der Waals surface area (Å²) in [6.07, 6.45) is 5.37. The molecule has 0 bridgehead atoms. The van der Waals surface area contributed by atoms with E-state index in [0.717, 1.165) is 35.1 Å². The summed E-state index contributed by atoms with van der Waals surface area (Å²) in [5.41, 5.74) is 2.60. The van der Waals surface area contributed by atoms with Gasteiger partial charge in [-0.2, -0.15) is 0 Å². The van der Waals surface area contributed by atoms with Crippen molar-refractivity contribution in [3.63, 3.8) is 0 Å². The van der Waals surface area contributed by atoms with Crippen molar-refractivity contribution in [3.8, 4) is 0 Å². The average Bonchev–Trinajstić information content (AvgIpc) is 3.15. The van der Waals surface area contributed by atoms with E-state index in [1.807, 2.05) is 54.6 Å². The Bertz CT molecular complexity index is 846. The highest BCUT2D eigenvalue weighted by atomic mass is 32.2. The third kappa shape index (κ3) is 5.69. The molecule has 1 heterocycles. The lowest BCUT2D eigenvalue weighted by molar-refractivity contribution is 0.102. The highest BCUT2D eigenvalue weighted by Gasteiger charge is 2.08. The Labute approximate surface area is 164 Å². The minimum atomic E-state index is -0.101. The van der Waals surface area contributed by atoms with E-state index in [1.165, 1.54) is 12.8 Å². The number of hydrogen-bond acceptors (Lipinski definition) is 4. The summed E-state index contributed by atoms with van der Waals surface area (Å²) in [7, 11) is 0. The molecule has 6 heteroatoms. The maximum Gasteiger partial charge on any atom is 0.255 e. The van der Waals surface area contributed by atoms with Crippen molar-refractivity contribution < 1.29 is 4.79 Å². The first-order valence-corrected chi connectivity index (χ1v) is 10.2. The summed E-state index contributed by atoms with van der Waals surface area (Å²) in [6, 6.07) is 17.2. The Morgan fingerprint density at radius 3 is 2.59 bits per heavy atom. The van der Waals surface area contributed by atoms with Gasteiger partial charge in [0.1, 0.15) is 6.33 Å². The molecule has 1 N–H and O–H groups in total. The monoisotopic (exact) mass is 380 g/mol. The molecule has 0 saturated heterocycles. The number of hydrogen-bond donors (Lipinski definition) is 1. The number of aromatic nitrogens is 3. The Morgan fingerprint density at radius 2 is 1.85 bits per heavy atom. The van der Waals surface area contributed by atoms with Crippen molar-refractivity contribution in [2.45, 2.75) is 43.6 Å². The molecule has 0 unspecified atom stereocenters. The molecule has 0 spiro atoms. The fraction of sp³-hybridized carbons (Fsp3) is 0.286. The number of anilines is 1. The second kappa shape index (κ2) is 9.92. The van der Waals surface area contributed by atoms with Crippen molar-refractivity contribution in [1.82, 2.24) is 14.8 Å². The molecule has 0 aliphatic heterocycles. The van der Waals surface area contributed by atoms with Crippen LogP contribution in [0.15, 0.2) is 66.1 Å². The third-order valence-electron chi connectivity index (χ3n) is 4.20. The molecule has 5 nitrogen and oxygen atoms in total. The topological polar surface area (TPSA) is 59.8 Å². The van der Waals surface area contributed by atoms with Gasteiger partial charge in [-0.05, 0) is 36.2 Å². The van der Waals surface area contributed by atoms with Gasteiger partial charge in [-0.25, -0.2) is 0 Å². The van der Waals surface area contributed by atoms with E-state index < -0.39 is 0 Å². The molecular formula is C21H24N4OS. The second-order valence-electron chi connectivity index (χ2n) is 6.32. The van der Waals surface area contributed by atoms with Crippen molar-refractivity contribution >= 4 is 23.4 Å². The van der Waals surface area contributed by atoms with Crippen LogP contribution in [0.2, 0.25) is 0 Å². The van der Waals surface area contributed by atoms with Gasteiger partial charge in [-0.1, -0.05) is 61.9 Å². The van der Waals surface area contributed by atoms with Crippen LogP contribution in [-0.2, 0) is 12.3 Å². The molecular weight excluding hydrogens is 356 g/mol. The predicted octanol–water partition coefficient (Wildman–Crippen LogP) is 5.01. The predicted molar refractivity (Wildman–Crippen MR) is 110 cm³/mol. The fourth-order valence-electron chi connectivity index (χ4n) is 2.67. The van der Waals surface area contributed by atoms with Crippen LogP contribution in [0.5, 0.6) is 0 Å². The van der Waals surface area contributed by atoms with E-state index in [1.54, 1.807) is 18.1 Å². The lowest BCUT2D eigenvalue weighted by Gasteiger charge is -2.07. The summed E-state index contributed by atoms with van der Waals surface area (Å²) in [6.45, 7) is 3.16. The number of benzene rings is 2. The molecule has 0 fully saturated rings. The first-order chi connectivity index (χ1) is 13.3. The van der Waals surface area contributed by atoms with E-state index in [0.29, 0.717) is 5.56 Å². The SMILES string of the molecule is CCCCCn1cnnc1SCc1ccc(C(=O)Nc2ccccc2)cc1. The van der Waals surface area contributed by atoms with Crippen LogP contribution < -0.4 is 5.32 Å². The van der Waals surface area contributed by atoms with Gasteiger partial charge in [0.05, 0.1) is 0 Å². The van der Waals surface area contributed by atoms with Gasteiger partial charge < -0.3 is 9.88 Å². The van der Waals surface area contributed by atoms with Crippen molar-refractivity contribution in [2.75, 3.05) is 5.32 Å². The maximum atomic E-state index is 12.3. The van der Waals surface area contributed by atoms with Gasteiger partial charge in [0.25, 0.3) is 5.91 Å². The van der Waals surface area contributed by atoms with Crippen LogP contribution in [0.1, 0.15) is 42.1 Å². The van der Waals surface area contributed by atoms with E-state index >= 15 is 0 Å². The maximum absolute atomic E-state index is 12.3. The van der Waals surface area contributed by atoms with E-state index in [2.05, 4.69) is 27.0 Å². The summed E-state index contributed by atoms with van der Waals surface area (Å²) in [5.74, 6) is 0.698. The molecule has 0 radical (unpaired) electrons. The normalized spacial score (nSPS) is 10.7. The Balaban J connectivity index is 1.54. The number of carbonyl (C=O) groups excluding carboxylic acids is 1. The third-order valence-corrected chi connectivity index (χ3v) is 5.25. The molecule has 3 aromatic rings. The summed E-state index contributed by atoms with van der Waals surface area (Å²) in [4.78, 5) is 12.3. The Hall–Kier alpha value is -2.60. The van der Waals surface area contributed by atoms with Crippen molar-refractivity contribution in [1.29, 1.82) is 0 Å². The van der Waals surface area contributed by atoms with Crippen LogP contribution in [0.3, 0.4) is 0 Å². The van der Waals surface area contributed by atoms with E-state index in [9.17, 15) is 4.79 Å². The number of nitrogens with one attached hydrogen (secondary N) is 1. The first kappa shape index (κ1) is 19.2. The number of thioether (sulfide) groups is 1. The molecule has 0 aliphatic carbocycles. The minimum Gasteiger partial charge on any atom is -0.322 e. The van der Waals surface area contributed by atoms with Gasteiger partial charge in [-0.15, -0.1) is 10.2 Å². The number of nitrogens with zero attached hydrogens (tertiary/aromatic N) is 3. The zero-order valence-electron chi connectivity index (χ0n) is 15.5. The van der Waals surface area contributed by atoms with Crippen LogP contribution >= 0.6 is 11.8 Å². The summed E-state index contributed by atoms with van der Waals surface area (Å²) >= 11 is 1.67. The standard InChI is InChI=1S/C21H24N4OS/c1-2-3-7-14-25-16-22-24-21(25)27-15-17-10-12-18(13-11-17)20(26)23-19-8-5-4-6-9-19/h4-6,8-13,16H,2-3,7,14-15H2,1H3,(H,23,26). The number of unbranched alkanes of at least 4 members (excludes halogenated alkanes) is 2. The molecule has 3 rings (SSSR count). The minimum absolute atomic E-state index is 0.101. The average molecular weight is 381 g/mol. The fourth-order valence-corrected chi connectivity index (χ4v) is 3.56. The Morgan fingerprint density at radius 1 is 1.07 bits per heavy atom. The number of aryl methyl sites for hydroxylation is 1. The van der Waals surface area contributed by atoms with Crippen LogP contribution in [-0.4, -0.2) is 20.7 Å². The van der Waals surface area contributed by atoms with E-state index in [-0.39, 0.29) is 5.91 Å². The highest BCUT2D eigenvalue weighted by molar-refractivity contribution is 7.98. The lowest BCUT2D eigenvalue weighted by atomic mass is 10.1. The zero-order valence-corrected chi connectivity index (χ0v) is 16.3. The number of carbonyl (C=O) groups is 1. The smallest absolute Gasteiger partial charge is 0.255 e. The van der Waals surface area contributed by atoms with Gasteiger partial charge in [0, 0.05) is 23.5 Å². The molecule has 27 heavy (non-hydrogen) atoms. The van der Waals surface area contributed by atoms with Gasteiger partial charge >= 0.3 is 0 Å². The number of rotatable bonds is 9. The summed E-state index contributed by atoms with van der Waals surface area (Å²) < 4.78 is 2.11. The van der Waals surface area contributed by atoms with Gasteiger partial charge in [-0.3, -0.25) is 4.79 Å². The number of para-hydroxylation sites is 1. The van der Waals surface area contributed by atoms with Crippen LogP contribution in [0.25, 0.3) is 0 Å². The lowest BCUT2D eigenvalue weighted by Crippen LogP contribution is -2.11. The second-order valence-corrected chi connectivity index (χ2v) is 7.26. The van der Waals surface area contributed by atoms with Crippen LogP contribution in [0, 0.1) is 0 Å². The molecule has 2 aromatic carbocycles. The highest BCUT2D eigenvalue weighted by Crippen LogP contribution is 2.21. The number of amides is 1. The van der Waals surface area contributed by atoms with Gasteiger partial charge in [0.2, 0.25) is 0 Å². The first-order valence-electron chi connectivity index (χ1n) is 9.22. The Kier molecular flexibility index (Phi) is 7.04.